The molecule has 8 heteroatoms. The number of aromatic nitrogens is 3. The van der Waals surface area contributed by atoms with Crippen LogP contribution in [0.5, 0.6) is 0 Å². The van der Waals surface area contributed by atoms with Crippen LogP contribution in [0.1, 0.15) is 16.7 Å². The van der Waals surface area contributed by atoms with E-state index in [4.69, 9.17) is 0 Å². The van der Waals surface area contributed by atoms with Crippen molar-refractivity contribution in [1.82, 2.24) is 15.0 Å². The van der Waals surface area contributed by atoms with Crippen molar-refractivity contribution in [2.75, 3.05) is 16.3 Å². The second kappa shape index (κ2) is 9.04. The number of rotatable bonds is 6. The van der Waals surface area contributed by atoms with Crippen LogP contribution in [0, 0.1) is 10.1 Å². The monoisotopic (exact) mass is 438 g/mol. The molecule has 0 unspecified atom stereocenters. The van der Waals surface area contributed by atoms with Gasteiger partial charge in [-0.25, -0.2) is 15.0 Å². The summed E-state index contributed by atoms with van der Waals surface area (Å²) in [6.07, 6.45) is 3.88. The van der Waals surface area contributed by atoms with Crippen LogP contribution in [0.25, 0.3) is 0 Å². The van der Waals surface area contributed by atoms with Gasteiger partial charge in [0.15, 0.2) is 0 Å². The van der Waals surface area contributed by atoms with Crippen molar-refractivity contribution in [3.63, 3.8) is 0 Å². The largest absolute Gasteiger partial charge is 0.354 e. The van der Waals surface area contributed by atoms with Crippen molar-refractivity contribution in [2.45, 2.75) is 19.5 Å². The minimum Gasteiger partial charge on any atom is -0.346 e. The third kappa shape index (κ3) is 4.23. The third-order valence-electron chi connectivity index (χ3n) is 5.76. The first-order valence-electron chi connectivity index (χ1n) is 10.7. The molecule has 2 aromatic heterocycles. The Balaban J connectivity index is 1.60. The molecule has 1 aliphatic rings. The molecule has 0 N–H and O–H groups in total. The summed E-state index contributed by atoms with van der Waals surface area (Å²) >= 11 is 0. The van der Waals surface area contributed by atoms with Gasteiger partial charge >= 0.3 is 5.69 Å². The molecule has 2 aromatic carbocycles. The normalized spacial score (nSPS) is 12.8. The Morgan fingerprint density at radius 2 is 1.67 bits per heavy atom. The number of benzene rings is 2. The summed E-state index contributed by atoms with van der Waals surface area (Å²) in [4.78, 5) is 28.9. The molecule has 0 spiro atoms. The number of nitro groups is 1. The van der Waals surface area contributed by atoms with Crippen LogP contribution in [0.3, 0.4) is 0 Å². The van der Waals surface area contributed by atoms with Crippen molar-refractivity contribution < 1.29 is 4.92 Å². The first-order chi connectivity index (χ1) is 16.2. The van der Waals surface area contributed by atoms with Gasteiger partial charge in [-0.3, -0.25) is 10.1 Å². The number of nitrogens with zero attached hydrogens (tertiary/aromatic N) is 6. The molecule has 4 aromatic rings. The summed E-state index contributed by atoms with van der Waals surface area (Å²) in [5, 5.41) is 12.4. The molecule has 3 heterocycles. The molecule has 0 saturated heterocycles. The molecule has 1 aliphatic heterocycles. The Morgan fingerprint density at radius 1 is 0.909 bits per heavy atom. The topological polar surface area (TPSA) is 88.3 Å². The first-order valence-corrected chi connectivity index (χ1v) is 10.7. The van der Waals surface area contributed by atoms with Crippen LogP contribution in [0.2, 0.25) is 0 Å². The van der Waals surface area contributed by atoms with Crippen molar-refractivity contribution in [3.05, 3.63) is 112 Å². The number of anilines is 3. The maximum absolute atomic E-state index is 12.4. The molecular formula is C25H22N6O2. The van der Waals surface area contributed by atoms with Crippen LogP contribution >= 0.6 is 0 Å². The molecule has 0 fully saturated rings. The molecular weight excluding hydrogens is 416 g/mol. The van der Waals surface area contributed by atoms with Crippen LogP contribution in [-0.2, 0) is 19.5 Å². The highest BCUT2D eigenvalue weighted by atomic mass is 16.6. The number of pyridine rings is 1. The zero-order valence-corrected chi connectivity index (χ0v) is 17.9. The summed E-state index contributed by atoms with van der Waals surface area (Å²) in [6, 6.07) is 23.5. The average molecular weight is 438 g/mol. The standard InChI is InChI=1S/C25H22N6O2/c32-31(33)23-24(29-15-13-20-10-4-5-11-21(20)17-29)27-18-28-25(23)30(22-12-6-7-14-26-22)16-19-8-2-1-3-9-19/h1-12,14,18H,13,15-17H2. The van der Waals surface area contributed by atoms with Crippen molar-refractivity contribution >= 4 is 23.1 Å². The van der Waals surface area contributed by atoms with E-state index in [1.807, 2.05) is 65.6 Å². The van der Waals surface area contributed by atoms with E-state index < -0.39 is 0 Å². The molecule has 0 bridgehead atoms. The Kier molecular flexibility index (Phi) is 5.63. The third-order valence-corrected chi connectivity index (χ3v) is 5.76. The second-order valence-electron chi connectivity index (χ2n) is 7.83. The summed E-state index contributed by atoms with van der Waals surface area (Å²) in [7, 11) is 0. The fourth-order valence-corrected chi connectivity index (χ4v) is 4.17. The van der Waals surface area contributed by atoms with E-state index >= 15 is 0 Å². The fraction of sp³-hybridized carbons (Fsp3) is 0.160. The molecule has 164 valence electrons. The second-order valence-corrected chi connectivity index (χ2v) is 7.83. The fourth-order valence-electron chi connectivity index (χ4n) is 4.17. The van der Waals surface area contributed by atoms with Gasteiger partial charge in [0.2, 0.25) is 11.6 Å². The van der Waals surface area contributed by atoms with Gasteiger partial charge in [-0.15, -0.1) is 0 Å². The van der Waals surface area contributed by atoms with Crippen molar-refractivity contribution in [1.29, 1.82) is 0 Å². The van der Waals surface area contributed by atoms with Crippen molar-refractivity contribution in [2.24, 2.45) is 0 Å². The zero-order chi connectivity index (χ0) is 22.6. The number of hydrogen-bond acceptors (Lipinski definition) is 7. The van der Waals surface area contributed by atoms with E-state index in [1.54, 1.807) is 11.1 Å². The summed E-state index contributed by atoms with van der Waals surface area (Å²) in [5.74, 6) is 1.14. The minimum absolute atomic E-state index is 0.113. The van der Waals surface area contributed by atoms with E-state index in [9.17, 15) is 10.1 Å². The highest BCUT2D eigenvalue weighted by Crippen LogP contribution is 2.39. The molecule has 0 atom stereocenters. The number of fused-ring (bicyclic) bond motifs is 1. The van der Waals surface area contributed by atoms with Gasteiger partial charge in [0, 0.05) is 19.3 Å². The van der Waals surface area contributed by atoms with E-state index in [2.05, 4.69) is 27.1 Å². The average Bonchev–Trinajstić information content (AvgIpc) is 2.87. The molecule has 0 aliphatic carbocycles. The van der Waals surface area contributed by atoms with Gasteiger partial charge in [0.1, 0.15) is 12.1 Å². The van der Waals surface area contributed by atoms with Crippen LogP contribution in [0.4, 0.5) is 23.1 Å². The first kappa shape index (κ1) is 20.6. The van der Waals surface area contributed by atoms with Gasteiger partial charge in [-0.1, -0.05) is 60.7 Å². The van der Waals surface area contributed by atoms with Crippen LogP contribution < -0.4 is 9.80 Å². The Bertz CT molecular complexity index is 1270. The predicted molar refractivity (Wildman–Crippen MR) is 126 cm³/mol. The van der Waals surface area contributed by atoms with E-state index in [1.165, 1.54) is 11.9 Å². The van der Waals surface area contributed by atoms with E-state index in [-0.39, 0.29) is 16.4 Å². The highest BCUT2D eigenvalue weighted by Gasteiger charge is 2.32. The van der Waals surface area contributed by atoms with Gasteiger partial charge < -0.3 is 9.80 Å². The molecule has 8 nitrogen and oxygen atoms in total. The molecule has 0 radical (unpaired) electrons. The van der Waals surface area contributed by atoms with Crippen LogP contribution in [-0.4, -0.2) is 26.4 Å². The lowest BCUT2D eigenvalue weighted by Gasteiger charge is -2.30. The van der Waals surface area contributed by atoms with Gasteiger partial charge in [0.05, 0.1) is 11.5 Å². The maximum atomic E-state index is 12.4. The predicted octanol–water partition coefficient (Wildman–Crippen LogP) is 4.68. The SMILES string of the molecule is O=[N+]([O-])c1c(N2CCc3ccccc3C2)ncnc1N(Cc1ccccc1)c1ccccn1. The maximum Gasteiger partial charge on any atom is 0.354 e. The van der Waals surface area contributed by atoms with Gasteiger partial charge in [-0.2, -0.15) is 0 Å². The summed E-state index contributed by atoms with van der Waals surface area (Å²) in [6.45, 7) is 1.60. The Morgan fingerprint density at radius 3 is 2.42 bits per heavy atom. The zero-order valence-electron chi connectivity index (χ0n) is 17.9. The summed E-state index contributed by atoms with van der Waals surface area (Å²) in [5.41, 5.74) is 3.30. The summed E-state index contributed by atoms with van der Waals surface area (Å²) < 4.78 is 0. The van der Waals surface area contributed by atoms with Crippen molar-refractivity contribution in [3.8, 4) is 0 Å². The lowest BCUT2D eigenvalue weighted by Crippen LogP contribution is -2.32. The minimum atomic E-state index is -0.383. The lowest BCUT2D eigenvalue weighted by molar-refractivity contribution is -0.383. The van der Waals surface area contributed by atoms with Gasteiger partial charge in [0.25, 0.3) is 0 Å². The van der Waals surface area contributed by atoms with E-state index in [0.29, 0.717) is 31.3 Å². The Hall–Kier alpha value is -4.33. The lowest BCUT2D eigenvalue weighted by atomic mass is 10.00. The van der Waals surface area contributed by atoms with Crippen LogP contribution in [0.15, 0.2) is 85.3 Å². The molecule has 33 heavy (non-hydrogen) atoms. The molecule has 0 saturated carbocycles. The molecule has 0 amide bonds. The Labute approximate surface area is 191 Å². The van der Waals surface area contributed by atoms with Gasteiger partial charge in [-0.05, 0) is 35.2 Å². The highest BCUT2D eigenvalue weighted by molar-refractivity contribution is 5.75. The quantitative estimate of drug-likeness (QED) is 0.319. The number of hydrogen-bond donors (Lipinski definition) is 0. The van der Waals surface area contributed by atoms with E-state index in [0.717, 1.165) is 17.5 Å². The smallest absolute Gasteiger partial charge is 0.346 e. The molecule has 5 rings (SSSR count).